The molecule has 0 atom stereocenters. The average molecular weight is 493 g/mol. The van der Waals surface area contributed by atoms with Crippen molar-refractivity contribution in [2.24, 2.45) is 0 Å². The molecule has 0 amide bonds. The molecule has 4 aromatic rings. The van der Waals surface area contributed by atoms with Crippen molar-refractivity contribution >= 4 is 23.2 Å². The summed E-state index contributed by atoms with van der Waals surface area (Å²) in [6.07, 6.45) is 5.52. The van der Waals surface area contributed by atoms with Crippen molar-refractivity contribution in [2.45, 2.75) is 40.0 Å². The molecule has 3 heterocycles. The molecule has 0 saturated carbocycles. The summed E-state index contributed by atoms with van der Waals surface area (Å²) in [5.74, 6) is -0.401. The first-order chi connectivity index (χ1) is 16.9. The van der Waals surface area contributed by atoms with Gasteiger partial charge in [0.15, 0.2) is 11.6 Å². The van der Waals surface area contributed by atoms with Gasteiger partial charge in [0.05, 0.1) is 25.3 Å². The summed E-state index contributed by atoms with van der Waals surface area (Å²) < 4.78 is 28.1. The molecular weight excluding hydrogens is 467 g/mol. The Labute approximate surface area is 208 Å². The SMILES string of the molecule is CCOC(=O)Cc1c(C)cn2cc(-c3cccc(Cl)c3)nc2c1-c1cc(F)c2c(c1C)CCCO2. The van der Waals surface area contributed by atoms with E-state index < -0.39 is 5.82 Å². The molecule has 0 N–H and O–H groups in total. The van der Waals surface area contributed by atoms with Gasteiger partial charge >= 0.3 is 5.97 Å². The van der Waals surface area contributed by atoms with E-state index >= 15 is 4.39 Å². The zero-order valence-electron chi connectivity index (χ0n) is 20.0. The standard InChI is InChI=1S/C28H26ClFN2O3/c1-4-34-25(33)13-21-16(2)14-32-15-24(18-7-5-8-19(29)11-18)31-28(32)26(21)22-12-23(30)27-20(17(22)3)9-6-10-35-27/h5,7-8,11-12,14-15H,4,6,9-10,13H2,1-3H3. The Hall–Kier alpha value is -3.38. The lowest BCUT2D eigenvalue weighted by Crippen LogP contribution is -2.14. The van der Waals surface area contributed by atoms with E-state index in [1.165, 1.54) is 6.07 Å². The summed E-state index contributed by atoms with van der Waals surface area (Å²) in [5, 5.41) is 0.617. The molecule has 7 heteroatoms. The quantitative estimate of drug-likeness (QED) is 0.298. The highest BCUT2D eigenvalue weighted by molar-refractivity contribution is 6.30. The highest BCUT2D eigenvalue weighted by atomic mass is 35.5. The first-order valence-electron chi connectivity index (χ1n) is 11.7. The summed E-state index contributed by atoms with van der Waals surface area (Å²) in [7, 11) is 0. The molecule has 0 radical (unpaired) electrons. The minimum Gasteiger partial charge on any atom is -0.490 e. The number of rotatable bonds is 5. The predicted octanol–water partition coefficient (Wildman–Crippen LogP) is 6.51. The van der Waals surface area contributed by atoms with Crippen LogP contribution in [0.25, 0.3) is 28.0 Å². The van der Waals surface area contributed by atoms with E-state index in [0.29, 0.717) is 35.2 Å². The maximum atomic E-state index is 15.3. The molecule has 0 unspecified atom stereocenters. The van der Waals surface area contributed by atoms with Gasteiger partial charge in [0.1, 0.15) is 5.65 Å². The van der Waals surface area contributed by atoms with Crippen LogP contribution in [0.5, 0.6) is 5.75 Å². The normalized spacial score (nSPS) is 12.9. The summed E-state index contributed by atoms with van der Waals surface area (Å²) in [5.41, 5.74) is 7.17. The molecule has 1 aliphatic rings. The lowest BCUT2D eigenvalue weighted by atomic mass is 9.88. The molecule has 2 aromatic heterocycles. The third kappa shape index (κ3) is 4.27. The van der Waals surface area contributed by atoms with Crippen LogP contribution in [0, 0.1) is 19.7 Å². The van der Waals surface area contributed by atoms with Crippen LogP contribution in [0.3, 0.4) is 0 Å². The number of nitrogens with zero attached hydrogens (tertiary/aromatic N) is 2. The molecule has 5 rings (SSSR count). The number of imidazole rings is 1. The van der Waals surface area contributed by atoms with Gasteiger partial charge in [-0.15, -0.1) is 0 Å². The van der Waals surface area contributed by atoms with E-state index in [9.17, 15) is 4.79 Å². The van der Waals surface area contributed by atoms with Crippen LogP contribution in [-0.2, 0) is 22.4 Å². The third-order valence-electron chi connectivity index (χ3n) is 6.52. The van der Waals surface area contributed by atoms with Crippen LogP contribution < -0.4 is 4.74 Å². The Balaban J connectivity index is 1.80. The van der Waals surface area contributed by atoms with Gasteiger partial charge in [-0.25, -0.2) is 9.37 Å². The molecule has 180 valence electrons. The van der Waals surface area contributed by atoms with Gasteiger partial charge in [-0.2, -0.15) is 0 Å². The Kier molecular flexibility index (Phi) is 6.24. The number of hydrogen-bond donors (Lipinski definition) is 0. The van der Waals surface area contributed by atoms with E-state index in [1.54, 1.807) is 6.92 Å². The topological polar surface area (TPSA) is 52.8 Å². The summed E-state index contributed by atoms with van der Waals surface area (Å²) >= 11 is 6.22. The molecule has 5 nitrogen and oxygen atoms in total. The molecule has 0 fully saturated rings. The Morgan fingerprint density at radius 1 is 1.26 bits per heavy atom. The fraction of sp³-hybridized carbons (Fsp3) is 0.286. The maximum Gasteiger partial charge on any atom is 0.310 e. The van der Waals surface area contributed by atoms with E-state index in [0.717, 1.165) is 51.9 Å². The van der Waals surface area contributed by atoms with Crippen LogP contribution in [0.1, 0.15) is 35.6 Å². The molecule has 0 bridgehead atoms. The van der Waals surface area contributed by atoms with Crippen LogP contribution >= 0.6 is 11.6 Å². The summed E-state index contributed by atoms with van der Waals surface area (Å²) in [6, 6.07) is 9.01. The van der Waals surface area contributed by atoms with Crippen LogP contribution in [0.15, 0.2) is 42.7 Å². The number of carbonyl (C=O) groups excluding carboxylic acids is 1. The van der Waals surface area contributed by atoms with Gasteiger partial charge in [0, 0.05) is 34.1 Å². The first-order valence-corrected chi connectivity index (χ1v) is 12.1. The molecule has 1 aliphatic heterocycles. The zero-order valence-corrected chi connectivity index (χ0v) is 20.7. The number of fused-ring (bicyclic) bond motifs is 2. The molecule has 0 aliphatic carbocycles. The van der Waals surface area contributed by atoms with E-state index in [-0.39, 0.29) is 12.4 Å². The highest BCUT2D eigenvalue weighted by Crippen LogP contribution is 2.41. The lowest BCUT2D eigenvalue weighted by Gasteiger charge is -2.23. The van der Waals surface area contributed by atoms with Gasteiger partial charge in [-0.1, -0.05) is 23.7 Å². The average Bonchev–Trinajstić information content (AvgIpc) is 3.26. The highest BCUT2D eigenvalue weighted by Gasteiger charge is 2.26. The number of pyridine rings is 1. The Morgan fingerprint density at radius 3 is 2.86 bits per heavy atom. The second kappa shape index (κ2) is 9.34. The minimum atomic E-state index is -0.399. The van der Waals surface area contributed by atoms with Crippen molar-refractivity contribution < 1.29 is 18.7 Å². The predicted molar refractivity (Wildman–Crippen MR) is 135 cm³/mol. The van der Waals surface area contributed by atoms with Gasteiger partial charge in [-0.3, -0.25) is 4.79 Å². The van der Waals surface area contributed by atoms with E-state index in [4.69, 9.17) is 26.1 Å². The number of hydrogen-bond acceptors (Lipinski definition) is 4. The van der Waals surface area contributed by atoms with Crippen molar-refractivity contribution in [3.8, 4) is 28.1 Å². The van der Waals surface area contributed by atoms with Crippen molar-refractivity contribution in [3.05, 3.63) is 75.8 Å². The Bertz CT molecular complexity index is 1460. The molecule has 35 heavy (non-hydrogen) atoms. The second-order valence-electron chi connectivity index (χ2n) is 8.81. The molecule has 0 saturated heterocycles. The monoisotopic (exact) mass is 492 g/mol. The van der Waals surface area contributed by atoms with Crippen LogP contribution in [-0.4, -0.2) is 28.6 Å². The van der Waals surface area contributed by atoms with Gasteiger partial charge in [-0.05, 0) is 74.1 Å². The molecule has 0 spiro atoms. The van der Waals surface area contributed by atoms with Crippen LogP contribution in [0.2, 0.25) is 5.02 Å². The van der Waals surface area contributed by atoms with Crippen molar-refractivity contribution in [1.82, 2.24) is 9.38 Å². The number of ether oxygens (including phenoxy) is 2. The number of carbonyl (C=O) groups is 1. The molecular formula is C28H26ClFN2O3. The van der Waals surface area contributed by atoms with E-state index in [1.807, 2.05) is 54.9 Å². The van der Waals surface area contributed by atoms with Crippen molar-refractivity contribution in [2.75, 3.05) is 13.2 Å². The first kappa shape index (κ1) is 23.4. The maximum absolute atomic E-state index is 15.3. The number of benzene rings is 2. The second-order valence-corrected chi connectivity index (χ2v) is 9.24. The number of aromatic nitrogens is 2. The number of halogens is 2. The van der Waals surface area contributed by atoms with Crippen LogP contribution in [0.4, 0.5) is 4.39 Å². The van der Waals surface area contributed by atoms with Gasteiger partial charge in [0.25, 0.3) is 0 Å². The smallest absolute Gasteiger partial charge is 0.310 e. The summed E-state index contributed by atoms with van der Waals surface area (Å²) in [6.45, 7) is 6.51. The molecule has 2 aromatic carbocycles. The third-order valence-corrected chi connectivity index (χ3v) is 6.75. The lowest BCUT2D eigenvalue weighted by molar-refractivity contribution is -0.142. The summed E-state index contributed by atoms with van der Waals surface area (Å²) in [4.78, 5) is 17.5. The van der Waals surface area contributed by atoms with Crippen molar-refractivity contribution in [1.29, 1.82) is 0 Å². The van der Waals surface area contributed by atoms with E-state index in [2.05, 4.69) is 0 Å². The number of esters is 1. The zero-order chi connectivity index (χ0) is 24.7. The van der Waals surface area contributed by atoms with Gasteiger partial charge in [0.2, 0.25) is 0 Å². The fourth-order valence-electron chi connectivity index (χ4n) is 4.87. The number of aryl methyl sites for hydroxylation is 1. The Morgan fingerprint density at radius 2 is 2.09 bits per heavy atom. The minimum absolute atomic E-state index is 0.0690. The largest absolute Gasteiger partial charge is 0.490 e. The van der Waals surface area contributed by atoms with Crippen molar-refractivity contribution in [3.63, 3.8) is 0 Å². The van der Waals surface area contributed by atoms with Gasteiger partial charge < -0.3 is 13.9 Å². The fourth-order valence-corrected chi connectivity index (χ4v) is 5.06.